The van der Waals surface area contributed by atoms with Crippen molar-refractivity contribution in [1.82, 2.24) is 4.57 Å². The summed E-state index contributed by atoms with van der Waals surface area (Å²) in [5, 5.41) is 9.90. The normalized spacial score (nSPS) is 10.7. The summed E-state index contributed by atoms with van der Waals surface area (Å²) >= 11 is 0. The van der Waals surface area contributed by atoms with Gasteiger partial charge < -0.3 is 4.42 Å². The first-order chi connectivity index (χ1) is 12.7. The summed E-state index contributed by atoms with van der Waals surface area (Å²) in [7, 11) is 0. The van der Waals surface area contributed by atoms with Gasteiger partial charge in [-0.15, -0.1) is 0 Å². The van der Waals surface area contributed by atoms with Crippen LogP contribution in [0.3, 0.4) is 0 Å². The van der Waals surface area contributed by atoms with Gasteiger partial charge in [-0.3, -0.25) is 4.57 Å². The van der Waals surface area contributed by atoms with E-state index in [4.69, 9.17) is 4.42 Å². The highest BCUT2D eigenvalue weighted by Gasteiger charge is 2.23. The van der Waals surface area contributed by atoms with Gasteiger partial charge in [0.1, 0.15) is 17.4 Å². The fourth-order valence-electron chi connectivity index (χ4n) is 3.08. The van der Waals surface area contributed by atoms with Gasteiger partial charge in [-0.1, -0.05) is 59.7 Å². The second-order valence-corrected chi connectivity index (χ2v) is 6.42. The summed E-state index contributed by atoms with van der Waals surface area (Å²) in [5.41, 5.74) is 5.67. The maximum absolute atomic E-state index is 9.90. The zero-order valence-electron chi connectivity index (χ0n) is 14.7. The fraction of sp³-hybridized carbons (Fsp3) is 0.0870. The van der Waals surface area contributed by atoms with E-state index in [1.54, 1.807) is 0 Å². The molecular formula is C23H18N2O. The Morgan fingerprint density at radius 1 is 0.808 bits per heavy atom. The minimum absolute atomic E-state index is 0.542. The van der Waals surface area contributed by atoms with E-state index in [0.29, 0.717) is 17.2 Å². The smallest absolute Gasteiger partial charge is 0.222 e. The Kier molecular flexibility index (Phi) is 3.95. The van der Waals surface area contributed by atoms with Crippen molar-refractivity contribution in [2.45, 2.75) is 13.8 Å². The predicted molar refractivity (Wildman–Crippen MR) is 103 cm³/mol. The van der Waals surface area contributed by atoms with Crippen LogP contribution in [0.25, 0.3) is 28.3 Å². The lowest BCUT2D eigenvalue weighted by Gasteiger charge is -2.05. The molecule has 0 aliphatic carbocycles. The Morgan fingerprint density at radius 2 is 1.35 bits per heavy atom. The van der Waals surface area contributed by atoms with Crippen LogP contribution >= 0.6 is 0 Å². The van der Waals surface area contributed by atoms with Crippen LogP contribution in [0.15, 0.2) is 77.5 Å². The molecule has 0 N–H and O–H groups in total. The van der Waals surface area contributed by atoms with Gasteiger partial charge in [0.05, 0.1) is 0 Å². The molecular weight excluding hydrogens is 320 g/mol. The lowest BCUT2D eigenvalue weighted by atomic mass is 9.97. The quantitative estimate of drug-likeness (QED) is 0.467. The third kappa shape index (κ3) is 2.72. The molecule has 2 aromatic heterocycles. The standard InChI is InChI=1S/C23H18N2O/c1-16-5-9-18(10-6-16)21-20(15-24)23(25-13-3-4-14-25)26-22(21)19-11-7-17(2)8-12-19/h3-14H,1-2H3. The highest BCUT2D eigenvalue weighted by Crippen LogP contribution is 2.40. The van der Waals surface area contributed by atoms with Crippen LogP contribution in [0.4, 0.5) is 0 Å². The average molecular weight is 338 g/mol. The van der Waals surface area contributed by atoms with Crippen molar-refractivity contribution in [1.29, 1.82) is 5.26 Å². The molecule has 0 aliphatic rings. The summed E-state index contributed by atoms with van der Waals surface area (Å²) in [6, 6.07) is 22.5. The molecule has 0 saturated heterocycles. The lowest BCUT2D eigenvalue weighted by molar-refractivity contribution is 0.552. The summed E-state index contributed by atoms with van der Waals surface area (Å²) < 4.78 is 8.07. The minimum atomic E-state index is 0.542. The molecule has 0 atom stereocenters. The number of aromatic nitrogens is 1. The molecule has 0 fully saturated rings. The number of hydrogen-bond acceptors (Lipinski definition) is 2. The summed E-state index contributed by atoms with van der Waals surface area (Å²) in [6.07, 6.45) is 3.77. The Bertz CT molecular complexity index is 1080. The molecule has 126 valence electrons. The van der Waals surface area contributed by atoms with Crippen LogP contribution in [-0.4, -0.2) is 4.57 Å². The van der Waals surface area contributed by atoms with Gasteiger partial charge in [0.2, 0.25) is 5.88 Å². The van der Waals surface area contributed by atoms with E-state index in [1.165, 1.54) is 11.1 Å². The van der Waals surface area contributed by atoms with Crippen LogP contribution < -0.4 is 0 Å². The van der Waals surface area contributed by atoms with E-state index in [-0.39, 0.29) is 0 Å². The number of aryl methyl sites for hydroxylation is 2. The fourth-order valence-corrected chi connectivity index (χ4v) is 3.08. The van der Waals surface area contributed by atoms with E-state index in [1.807, 2.05) is 53.4 Å². The van der Waals surface area contributed by atoms with Gasteiger partial charge in [-0.05, 0) is 31.5 Å². The third-order valence-corrected chi connectivity index (χ3v) is 4.49. The Labute approximate surface area is 152 Å². The molecule has 0 spiro atoms. The van der Waals surface area contributed by atoms with Crippen molar-refractivity contribution in [2.24, 2.45) is 0 Å². The van der Waals surface area contributed by atoms with Crippen molar-refractivity contribution >= 4 is 0 Å². The van der Waals surface area contributed by atoms with Crippen molar-refractivity contribution in [3.8, 4) is 34.4 Å². The van der Waals surface area contributed by atoms with E-state index in [0.717, 1.165) is 16.7 Å². The number of furan rings is 1. The Morgan fingerprint density at radius 3 is 1.88 bits per heavy atom. The molecule has 0 amide bonds. The first kappa shape index (κ1) is 16.0. The number of benzene rings is 2. The average Bonchev–Trinajstić information content (AvgIpc) is 3.30. The van der Waals surface area contributed by atoms with Crippen LogP contribution in [0, 0.1) is 25.2 Å². The van der Waals surface area contributed by atoms with E-state index in [2.05, 4.69) is 44.2 Å². The molecule has 3 heteroatoms. The molecule has 2 aromatic carbocycles. The zero-order valence-corrected chi connectivity index (χ0v) is 14.7. The molecule has 0 unspecified atom stereocenters. The first-order valence-corrected chi connectivity index (χ1v) is 8.51. The molecule has 26 heavy (non-hydrogen) atoms. The minimum Gasteiger partial charge on any atom is -0.438 e. The highest BCUT2D eigenvalue weighted by molar-refractivity contribution is 5.87. The first-order valence-electron chi connectivity index (χ1n) is 8.51. The van der Waals surface area contributed by atoms with Crippen LogP contribution in [0.2, 0.25) is 0 Å². The van der Waals surface area contributed by atoms with Crippen LogP contribution in [0.1, 0.15) is 16.7 Å². The maximum Gasteiger partial charge on any atom is 0.222 e. The molecule has 0 radical (unpaired) electrons. The van der Waals surface area contributed by atoms with Gasteiger partial charge in [0, 0.05) is 23.5 Å². The van der Waals surface area contributed by atoms with Gasteiger partial charge in [-0.2, -0.15) is 5.26 Å². The molecule has 3 nitrogen and oxygen atoms in total. The Balaban J connectivity index is 2.01. The molecule has 2 heterocycles. The molecule has 0 aliphatic heterocycles. The Hall–Kier alpha value is -3.51. The lowest BCUT2D eigenvalue weighted by Crippen LogP contribution is -1.91. The second kappa shape index (κ2) is 6.42. The summed E-state index contributed by atoms with van der Waals surface area (Å²) in [4.78, 5) is 0. The highest BCUT2D eigenvalue weighted by atomic mass is 16.4. The van der Waals surface area contributed by atoms with E-state index in [9.17, 15) is 5.26 Å². The van der Waals surface area contributed by atoms with Gasteiger partial charge in [-0.25, -0.2) is 0 Å². The zero-order chi connectivity index (χ0) is 18.1. The topological polar surface area (TPSA) is 41.9 Å². The molecule has 4 rings (SSSR count). The number of rotatable bonds is 3. The van der Waals surface area contributed by atoms with Gasteiger partial charge in [0.25, 0.3) is 0 Å². The van der Waals surface area contributed by atoms with Crippen molar-refractivity contribution in [3.63, 3.8) is 0 Å². The number of hydrogen-bond donors (Lipinski definition) is 0. The maximum atomic E-state index is 9.90. The predicted octanol–water partition coefficient (Wildman–Crippen LogP) is 5.89. The SMILES string of the molecule is Cc1ccc(-c2oc(-n3cccc3)c(C#N)c2-c2ccc(C)cc2)cc1. The molecule has 4 aromatic rings. The van der Waals surface area contributed by atoms with Crippen LogP contribution in [0.5, 0.6) is 0 Å². The van der Waals surface area contributed by atoms with Gasteiger partial charge in [0.15, 0.2) is 0 Å². The summed E-state index contributed by atoms with van der Waals surface area (Å²) in [6.45, 7) is 4.11. The van der Waals surface area contributed by atoms with E-state index < -0.39 is 0 Å². The number of nitrogens with zero attached hydrogens (tertiary/aromatic N) is 2. The van der Waals surface area contributed by atoms with Crippen molar-refractivity contribution in [3.05, 3.63) is 89.7 Å². The second-order valence-electron chi connectivity index (χ2n) is 6.42. The summed E-state index contributed by atoms with van der Waals surface area (Å²) in [5.74, 6) is 1.26. The monoisotopic (exact) mass is 338 g/mol. The van der Waals surface area contributed by atoms with Gasteiger partial charge >= 0.3 is 0 Å². The van der Waals surface area contributed by atoms with Crippen molar-refractivity contribution < 1.29 is 4.42 Å². The number of nitriles is 1. The van der Waals surface area contributed by atoms with Crippen LogP contribution in [-0.2, 0) is 0 Å². The van der Waals surface area contributed by atoms with E-state index >= 15 is 0 Å². The molecule has 0 saturated carbocycles. The van der Waals surface area contributed by atoms with Crippen molar-refractivity contribution in [2.75, 3.05) is 0 Å². The molecule has 0 bridgehead atoms. The largest absolute Gasteiger partial charge is 0.438 e. The third-order valence-electron chi connectivity index (χ3n) is 4.49.